The molecule has 0 aromatic heterocycles. The molecule has 2 N–H and O–H groups in total. The number of guanidine groups is 1. The van der Waals surface area contributed by atoms with E-state index in [4.69, 9.17) is 20.2 Å². The number of nitrogens with two attached hydrogens (primary N) is 1. The Morgan fingerprint density at radius 1 is 1.38 bits per heavy atom. The zero-order valence-corrected chi connectivity index (χ0v) is 15.8. The molecule has 2 aliphatic rings. The fourth-order valence-electron chi connectivity index (χ4n) is 2.77. The summed E-state index contributed by atoms with van der Waals surface area (Å²) in [7, 11) is 0. The van der Waals surface area contributed by atoms with Gasteiger partial charge in [-0.05, 0) is 12.8 Å². The Bertz CT molecular complexity index is 344. The van der Waals surface area contributed by atoms with Crippen molar-refractivity contribution in [1.82, 2.24) is 4.90 Å². The van der Waals surface area contributed by atoms with Crippen LogP contribution >= 0.6 is 24.0 Å². The SMILES string of the molecule is CCCCOC1CC(N=C(N)N2CCOCC2)C1(C)C.I. The minimum atomic E-state index is 0. The molecule has 2 unspecified atom stereocenters. The smallest absolute Gasteiger partial charge is 0.191 e. The van der Waals surface area contributed by atoms with Gasteiger partial charge in [-0.2, -0.15) is 0 Å². The van der Waals surface area contributed by atoms with Crippen LogP contribution in [0.4, 0.5) is 0 Å². The number of morpholine rings is 1. The Morgan fingerprint density at radius 2 is 2.05 bits per heavy atom. The lowest BCUT2D eigenvalue weighted by Crippen LogP contribution is -2.55. The van der Waals surface area contributed by atoms with E-state index in [2.05, 4.69) is 25.7 Å². The van der Waals surface area contributed by atoms with Gasteiger partial charge in [-0.3, -0.25) is 0 Å². The average molecular weight is 411 g/mol. The summed E-state index contributed by atoms with van der Waals surface area (Å²) < 4.78 is 11.3. The molecule has 0 radical (unpaired) electrons. The molecule has 2 fully saturated rings. The van der Waals surface area contributed by atoms with Crippen molar-refractivity contribution >= 4 is 29.9 Å². The summed E-state index contributed by atoms with van der Waals surface area (Å²) >= 11 is 0. The number of nitrogens with zero attached hydrogens (tertiary/aromatic N) is 2. The maximum atomic E-state index is 6.13. The monoisotopic (exact) mass is 411 g/mol. The number of hydrogen-bond donors (Lipinski definition) is 1. The van der Waals surface area contributed by atoms with Crippen LogP contribution < -0.4 is 5.73 Å². The van der Waals surface area contributed by atoms with Gasteiger partial charge in [0.05, 0.1) is 25.4 Å². The lowest BCUT2D eigenvalue weighted by atomic mass is 9.65. The highest BCUT2D eigenvalue weighted by Gasteiger charge is 2.49. The van der Waals surface area contributed by atoms with Gasteiger partial charge in [0.1, 0.15) is 0 Å². The average Bonchev–Trinajstić information content (AvgIpc) is 2.46. The van der Waals surface area contributed by atoms with Crippen LogP contribution in [0, 0.1) is 5.41 Å². The molecular formula is C15H30IN3O2. The van der Waals surface area contributed by atoms with E-state index in [0.29, 0.717) is 12.1 Å². The molecule has 0 amide bonds. The first kappa shape index (κ1) is 19.0. The van der Waals surface area contributed by atoms with Gasteiger partial charge in [0.15, 0.2) is 5.96 Å². The summed E-state index contributed by atoms with van der Waals surface area (Å²) in [6.45, 7) is 10.7. The van der Waals surface area contributed by atoms with Crippen molar-refractivity contribution in [3.05, 3.63) is 0 Å². The van der Waals surface area contributed by atoms with Crippen LogP contribution in [0.1, 0.15) is 40.0 Å². The summed E-state index contributed by atoms with van der Waals surface area (Å²) in [5.41, 5.74) is 6.21. The fourth-order valence-corrected chi connectivity index (χ4v) is 2.77. The maximum Gasteiger partial charge on any atom is 0.191 e. The number of unbranched alkanes of at least 4 members (excludes halogenated alkanes) is 1. The maximum absolute atomic E-state index is 6.13. The predicted molar refractivity (Wildman–Crippen MR) is 96.3 cm³/mol. The minimum Gasteiger partial charge on any atom is -0.378 e. The van der Waals surface area contributed by atoms with E-state index in [-0.39, 0.29) is 35.4 Å². The summed E-state index contributed by atoms with van der Waals surface area (Å²) in [6, 6.07) is 0.275. The zero-order chi connectivity index (χ0) is 14.6. The number of rotatable bonds is 5. The standard InChI is InChI=1S/C15H29N3O2.HI/c1-4-5-8-20-13-11-12(15(13,2)3)17-14(16)18-6-9-19-10-7-18;/h12-13H,4-11H2,1-3H3,(H2,16,17);1H. The van der Waals surface area contributed by atoms with Gasteiger partial charge in [-0.25, -0.2) is 4.99 Å². The first-order valence-electron chi connectivity index (χ1n) is 7.83. The van der Waals surface area contributed by atoms with Gasteiger partial charge >= 0.3 is 0 Å². The van der Waals surface area contributed by atoms with Crippen LogP contribution in [0.25, 0.3) is 0 Å². The molecule has 1 aliphatic carbocycles. The van der Waals surface area contributed by atoms with E-state index < -0.39 is 0 Å². The lowest BCUT2D eigenvalue weighted by molar-refractivity contribution is -0.107. The van der Waals surface area contributed by atoms with Gasteiger partial charge < -0.3 is 20.1 Å². The van der Waals surface area contributed by atoms with Crippen molar-refractivity contribution in [2.75, 3.05) is 32.9 Å². The van der Waals surface area contributed by atoms with Crippen LogP contribution in [0.2, 0.25) is 0 Å². The first-order valence-corrected chi connectivity index (χ1v) is 7.83. The molecule has 124 valence electrons. The van der Waals surface area contributed by atoms with Gasteiger partial charge in [-0.15, -0.1) is 24.0 Å². The zero-order valence-electron chi connectivity index (χ0n) is 13.5. The largest absolute Gasteiger partial charge is 0.378 e. The highest BCUT2D eigenvalue weighted by molar-refractivity contribution is 14.0. The highest BCUT2D eigenvalue weighted by atomic mass is 127. The van der Waals surface area contributed by atoms with Crippen LogP contribution in [-0.2, 0) is 9.47 Å². The number of halogens is 1. The number of ether oxygens (including phenoxy) is 2. The molecule has 1 saturated carbocycles. The molecule has 2 rings (SSSR count). The van der Waals surface area contributed by atoms with E-state index in [1.54, 1.807) is 0 Å². The van der Waals surface area contributed by atoms with Gasteiger partial charge in [0.25, 0.3) is 0 Å². The molecule has 0 bridgehead atoms. The van der Waals surface area contributed by atoms with Crippen molar-refractivity contribution in [3.63, 3.8) is 0 Å². The van der Waals surface area contributed by atoms with Crippen molar-refractivity contribution in [2.45, 2.75) is 52.2 Å². The molecule has 0 aromatic rings. The summed E-state index contributed by atoms with van der Waals surface area (Å²) in [5, 5.41) is 0. The summed E-state index contributed by atoms with van der Waals surface area (Å²) in [4.78, 5) is 6.84. The van der Waals surface area contributed by atoms with E-state index >= 15 is 0 Å². The lowest BCUT2D eigenvalue weighted by Gasteiger charge is -2.49. The number of aliphatic imine (C=N–C) groups is 1. The second-order valence-corrected chi connectivity index (χ2v) is 6.37. The fraction of sp³-hybridized carbons (Fsp3) is 0.933. The van der Waals surface area contributed by atoms with Crippen molar-refractivity contribution < 1.29 is 9.47 Å². The van der Waals surface area contributed by atoms with Crippen molar-refractivity contribution in [2.24, 2.45) is 16.1 Å². The minimum absolute atomic E-state index is 0. The third-order valence-corrected chi connectivity index (χ3v) is 4.57. The second kappa shape index (κ2) is 8.53. The van der Waals surface area contributed by atoms with Gasteiger partial charge in [0, 0.05) is 25.1 Å². The molecule has 1 saturated heterocycles. The van der Waals surface area contributed by atoms with E-state index in [9.17, 15) is 0 Å². The molecule has 2 atom stereocenters. The predicted octanol–water partition coefficient (Wildman–Crippen LogP) is 2.24. The Kier molecular flexibility index (Phi) is 7.70. The molecule has 5 nitrogen and oxygen atoms in total. The molecule has 0 aromatic carbocycles. The third-order valence-electron chi connectivity index (χ3n) is 4.57. The highest BCUT2D eigenvalue weighted by Crippen LogP contribution is 2.45. The molecule has 6 heteroatoms. The Labute approximate surface area is 145 Å². The van der Waals surface area contributed by atoms with E-state index in [0.717, 1.165) is 45.8 Å². The van der Waals surface area contributed by atoms with Crippen LogP contribution in [0.5, 0.6) is 0 Å². The normalized spacial score (nSPS) is 28.7. The Morgan fingerprint density at radius 3 is 2.62 bits per heavy atom. The topological polar surface area (TPSA) is 60.1 Å². The van der Waals surface area contributed by atoms with Crippen LogP contribution in [0.15, 0.2) is 4.99 Å². The Hall–Kier alpha value is -0.0800. The van der Waals surface area contributed by atoms with Crippen molar-refractivity contribution in [1.29, 1.82) is 0 Å². The summed E-state index contributed by atoms with van der Waals surface area (Å²) in [6.07, 6.45) is 3.62. The second-order valence-electron chi connectivity index (χ2n) is 6.37. The molecule has 21 heavy (non-hydrogen) atoms. The molecule has 0 spiro atoms. The quantitative estimate of drug-likeness (QED) is 0.326. The molecule has 1 heterocycles. The van der Waals surface area contributed by atoms with Crippen LogP contribution in [-0.4, -0.2) is 55.9 Å². The Balaban J connectivity index is 0.00000220. The molecular weight excluding hydrogens is 381 g/mol. The van der Waals surface area contributed by atoms with Crippen LogP contribution in [0.3, 0.4) is 0 Å². The summed E-state index contributed by atoms with van der Waals surface area (Å²) in [5.74, 6) is 0.665. The van der Waals surface area contributed by atoms with Crippen molar-refractivity contribution in [3.8, 4) is 0 Å². The van der Waals surface area contributed by atoms with E-state index in [1.165, 1.54) is 6.42 Å². The van der Waals surface area contributed by atoms with Gasteiger partial charge in [0.2, 0.25) is 0 Å². The third kappa shape index (κ3) is 4.69. The van der Waals surface area contributed by atoms with E-state index in [1.807, 2.05) is 0 Å². The molecule has 1 aliphatic heterocycles. The number of hydrogen-bond acceptors (Lipinski definition) is 3. The van der Waals surface area contributed by atoms with Gasteiger partial charge in [-0.1, -0.05) is 27.2 Å². The first-order chi connectivity index (χ1) is 9.55.